The van der Waals surface area contributed by atoms with E-state index in [1.54, 1.807) is 15.9 Å². The Morgan fingerprint density at radius 3 is 2.37 bits per heavy atom. The average Bonchev–Trinajstić information content (AvgIpc) is 3.23. The second-order valence-corrected chi connectivity index (χ2v) is 9.99. The molecule has 10 heteroatoms. The molecule has 3 aromatic carbocycles. The molecule has 0 aliphatic carbocycles. The quantitative estimate of drug-likeness (QED) is 0.280. The van der Waals surface area contributed by atoms with Crippen molar-refractivity contribution in [2.75, 3.05) is 19.7 Å². The molecule has 1 saturated heterocycles. The third kappa shape index (κ3) is 7.11. The standard InChI is InChI=1S/C31H33F3N2O5/c1-4-36-25(19-35(30(36)39)18-22-8-12-24(13-9-22)31(32,33)34)16-17-40-26-14-10-23(11-15-26)27-6-5-7-28(20(27)2)41-21(3)29(37)38/h5-15,21,25H,4,16-19H2,1-3H3,(H,37,38). The fourth-order valence-corrected chi connectivity index (χ4v) is 4.90. The summed E-state index contributed by atoms with van der Waals surface area (Å²) in [7, 11) is 0. The molecule has 0 radical (unpaired) electrons. The molecule has 0 saturated carbocycles. The minimum absolute atomic E-state index is 0.0696. The normalized spacial score (nSPS) is 16.1. The van der Waals surface area contributed by atoms with Gasteiger partial charge in [-0.25, -0.2) is 9.59 Å². The van der Waals surface area contributed by atoms with Crippen LogP contribution in [-0.2, 0) is 17.5 Å². The summed E-state index contributed by atoms with van der Waals surface area (Å²) in [6.45, 7) is 6.88. The second kappa shape index (κ2) is 12.5. The molecular formula is C31H33F3N2O5. The highest BCUT2D eigenvalue weighted by Gasteiger charge is 2.36. The van der Waals surface area contributed by atoms with Gasteiger partial charge in [-0.2, -0.15) is 13.2 Å². The van der Waals surface area contributed by atoms with E-state index < -0.39 is 23.8 Å². The van der Waals surface area contributed by atoms with Crippen molar-refractivity contribution in [3.63, 3.8) is 0 Å². The summed E-state index contributed by atoms with van der Waals surface area (Å²) in [5.74, 6) is 0.149. The van der Waals surface area contributed by atoms with Gasteiger partial charge in [-0.05, 0) is 73.4 Å². The van der Waals surface area contributed by atoms with Crippen LogP contribution in [0.25, 0.3) is 11.1 Å². The Labute approximate surface area is 237 Å². The highest BCUT2D eigenvalue weighted by molar-refractivity contribution is 5.77. The lowest BCUT2D eigenvalue weighted by molar-refractivity contribution is -0.144. The van der Waals surface area contributed by atoms with Crippen LogP contribution < -0.4 is 9.47 Å². The summed E-state index contributed by atoms with van der Waals surface area (Å²) in [5.41, 5.74) is 2.61. The maximum absolute atomic E-state index is 12.9. The number of amides is 2. The summed E-state index contributed by atoms with van der Waals surface area (Å²) >= 11 is 0. The third-order valence-corrected chi connectivity index (χ3v) is 7.20. The van der Waals surface area contributed by atoms with Crippen LogP contribution in [0.2, 0.25) is 0 Å². The van der Waals surface area contributed by atoms with Gasteiger partial charge in [0.1, 0.15) is 11.5 Å². The van der Waals surface area contributed by atoms with Gasteiger partial charge in [0.05, 0.1) is 18.2 Å². The fourth-order valence-electron chi connectivity index (χ4n) is 4.90. The van der Waals surface area contributed by atoms with E-state index in [1.807, 2.05) is 50.2 Å². The third-order valence-electron chi connectivity index (χ3n) is 7.20. The van der Waals surface area contributed by atoms with Crippen LogP contribution >= 0.6 is 0 Å². The van der Waals surface area contributed by atoms with Crippen molar-refractivity contribution in [1.29, 1.82) is 0 Å². The number of carbonyl (C=O) groups excluding carboxylic acids is 1. The summed E-state index contributed by atoms with van der Waals surface area (Å²) in [4.78, 5) is 27.5. The number of carboxylic acid groups (broad SMARTS) is 1. The van der Waals surface area contributed by atoms with E-state index in [9.17, 15) is 22.8 Å². The van der Waals surface area contributed by atoms with E-state index in [-0.39, 0.29) is 18.6 Å². The Balaban J connectivity index is 1.33. The van der Waals surface area contributed by atoms with Gasteiger partial charge < -0.3 is 24.4 Å². The van der Waals surface area contributed by atoms with Gasteiger partial charge in [0.2, 0.25) is 0 Å². The van der Waals surface area contributed by atoms with E-state index in [1.165, 1.54) is 19.1 Å². The Morgan fingerprint density at radius 1 is 1.07 bits per heavy atom. The molecule has 2 atom stereocenters. The Kier molecular flexibility index (Phi) is 9.10. The van der Waals surface area contributed by atoms with Gasteiger partial charge >= 0.3 is 18.2 Å². The van der Waals surface area contributed by atoms with E-state index in [0.29, 0.717) is 43.2 Å². The summed E-state index contributed by atoms with van der Waals surface area (Å²) in [5, 5.41) is 9.14. The van der Waals surface area contributed by atoms with Crippen LogP contribution in [0.1, 0.15) is 37.0 Å². The van der Waals surface area contributed by atoms with Crippen LogP contribution in [-0.4, -0.2) is 58.7 Å². The Bertz CT molecular complexity index is 1360. The molecule has 41 heavy (non-hydrogen) atoms. The van der Waals surface area contributed by atoms with Crippen LogP contribution in [0.4, 0.5) is 18.0 Å². The Morgan fingerprint density at radius 2 is 1.76 bits per heavy atom. The number of alkyl halides is 3. The molecule has 218 valence electrons. The zero-order valence-corrected chi connectivity index (χ0v) is 23.1. The van der Waals surface area contributed by atoms with Gasteiger partial charge in [-0.3, -0.25) is 0 Å². The van der Waals surface area contributed by atoms with Gasteiger partial charge in [0.25, 0.3) is 0 Å². The Hall–Kier alpha value is -4.21. The van der Waals surface area contributed by atoms with Crippen molar-refractivity contribution in [3.05, 3.63) is 83.4 Å². The van der Waals surface area contributed by atoms with Crippen LogP contribution in [0.15, 0.2) is 66.7 Å². The molecule has 1 fully saturated rings. The number of nitrogens with zero attached hydrogens (tertiary/aromatic N) is 2. The minimum atomic E-state index is -4.40. The number of hydrogen-bond donors (Lipinski definition) is 1. The van der Waals surface area contributed by atoms with Crippen molar-refractivity contribution in [3.8, 4) is 22.6 Å². The molecular weight excluding hydrogens is 537 g/mol. The van der Waals surface area contributed by atoms with Gasteiger partial charge in [-0.1, -0.05) is 36.4 Å². The summed E-state index contributed by atoms with van der Waals surface area (Å²) in [6.07, 6.45) is -4.76. The number of likely N-dealkylation sites (N-methyl/N-ethyl adjacent to an activating group) is 1. The van der Waals surface area contributed by atoms with Crippen LogP contribution in [0.3, 0.4) is 0 Å². The van der Waals surface area contributed by atoms with Crippen molar-refractivity contribution >= 4 is 12.0 Å². The molecule has 0 bridgehead atoms. The zero-order valence-electron chi connectivity index (χ0n) is 23.1. The molecule has 7 nitrogen and oxygen atoms in total. The number of halogens is 3. The summed E-state index contributed by atoms with van der Waals surface area (Å²) < 4.78 is 50.1. The fraction of sp³-hybridized carbons (Fsp3) is 0.355. The SMILES string of the molecule is CCN1C(=O)N(Cc2ccc(C(F)(F)F)cc2)CC1CCOc1ccc(-c2cccc(OC(C)C(=O)O)c2C)cc1. The first-order chi connectivity index (χ1) is 19.5. The lowest BCUT2D eigenvalue weighted by atomic mass is 10.00. The first kappa shape index (κ1) is 29.8. The molecule has 0 spiro atoms. The number of rotatable bonds is 11. The number of benzene rings is 3. The van der Waals surface area contributed by atoms with Gasteiger partial charge in [0, 0.05) is 26.1 Å². The van der Waals surface area contributed by atoms with Crippen molar-refractivity contribution in [2.45, 2.75) is 52.1 Å². The molecule has 1 heterocycles. The maximum Gasteiger partial charge on any atom is 0.416 e. The van der Waals surface area contributed by atoms with Crippen LogP contribution in [0.5, 0.6) is 11.5 Å². The number of aliphatic carboxylic acids is 1. The number of ether oxygens (including phenoxy) is 2. The molecule has 4 rings (SSSR count). The van der Waals surface area contributed by atoms with Gasteiger partial charge in [0.15, 0.2) is 6.10 Å². The van der Waals surface area contributed by atoms with Crippen molar-refractivity contribution < 1.29 is 37.3 Å². The smallest absolute Gasteiger partial charge is 0.416 e. The molecule has 1 aliphatic heterocycles. The molecule has 2 unspecified atom stereocenters. The second-order valence-electron chi connectivity index (χ2n) is 9.99. The number of urea groups is 1. The lowest BCUT2D eigenvalue weighted by Crippen LogP contribution is -2.35. The largest absolute Gasteiger partial charge is 0.494 e. The van der Waals surface area contributed by atoms with E-state index >= 15 is 0 Å². The number of carbonyl (C=O) groups is 2. The highest BCUT2D eigenvalue weighted by Crippen LogP contribution is 2.32. The lowest BCUT2D eigenvalue weighted by Gasteiger charge is -2.21. The topological polar surface area (TPSA) is 79.3 Å². The molecule has 0 aromatic heterocycles. The van der Waals surface area contributed by atoms with E-state index in [0.717, 1.165) is 28.8 Å². The zero-order chi connectivity index (χ0) is 29.7. The highest BCUT2D eigenvalue weighted by atomic mass is 19.4. The van der Waals surface area contributed by atoms with Crippen molar-refractivity contribution in [2.24, 2.45) is 0 Å². The predicted molar refractivity (Wildman–Crippen MR) is 148 cm³/mol. The number of hydrogen-bond acceptors (Lipinski definition) is 4. The molecule has 1 aliphatic rings. The van der Waals surface area contributed by atoms with Gasteiger partial charge in [-0.15, -0.1) is 0 Å². The summed E-state index contributed by atoms with van der Waals surface area (Å²) in [6, 6.07) is 17.8. The first-order valence-corrected chi connectivity index (χ1v) is 13.4. The van der Waals surface area contributed by atoms with E-state index in [4.69, 9.17) is 14.6 Å². The first-order valence-electron chi connectivity index (χ1n) is 13.4. The predicted octanol–water partition coefficient (Wildman–Crippen LogP) is 6.63. The molecule has 1 N–H and O–H groups in total. The molecule has 3 aromatic rings. The van der Waals surface area contributed by atoms with Crippen LogP contribution in [0, 0.1) is 6.92 Å². The minimum Gasteiger partial charge on any atom is -0.494 e. The average molecular weight is 571 g/mol. The molecule has 2 amide bonds. The maximum atomic E-state index is 12.9. The number of carboxylic acids is 1. The van der Waals surface area contributed by atoms with E-state index in [2.05, 4.69) is 0 Å². The monoisotopic (exact) mass is 570 g/mol. The van der Waals surface area contributed by atoms with Crippen molar-refractivity contribution in [1.82, 2.24) is 9.80 Å².